The van der Waals surface area contributed by atoms with Crippen molar-refractivity contribution in [1.29, 1.82) is 0 Å². The molecule has 0 atom stereocenters. The lowest BCUT2D eigenvalue weighted by Gasteiger charge is -2.21. The van der Waals surface area contributed by atoms with Gasteiger partial charge < -0.3 is 4.90 Å². The third kappa shape index (κ3) is 3.96. The molecule has 0 aromatic heterocycles. The number of allylic oxidation sites excluding steroid dienone is 1. The Morgan fingerprint density at radius 3 is 2.30 bits per heavy atom. The van der Waals surface area contributed by atoms with E-state index in [0.29, 0.717) is 12.0 Å². The maximum absolute atomic E-state index is 12.3. The Kier molecular flexibility index (Phi) is 4.64. The van der Waals surface area contributed by atoms with E-state index in [-0.39, 0.29) is 5.91 Å². The summed E-state index contributed by atoms with van der Waals surface area (Å²) in [7, 11) is 0. The van der Waals surface area contributed by atoms with Crippen LogP contribution in [-0.4, -0.2) is 16.8 Å². The van der Waals surface area contributed by atoms with E-state index in [1.807, 2.05) is 18.7 Å². The summed E-state index contributed by atoms with van der Waals surface area (Å²) < 4.78 is 0. The van der Waals surface area contributed by atoms with Gasteiger partial charge in [0, 0.05) is 18.7 Å². The Morgan fingerprint density at radius 1 is 1.25 bits per heavy atom. The Labute approximate surface area is 122 Å². The van der Waals surface area contributed by atoms with Gasteiger partial charge in [-0.05, 0) is 43.7 Å². The summed E-state index contributed by atoms with van der Waals surface area (Å²) in [6.45, 7) is 9.07. The quantitative estimate of drug-likeness (QED) is 0.732. The van der Waals surface area contributed by atoms with Gasteiger partial charge >= 0.3 is 0 Å². The van der Waals surface area contributed by atoms with Gasteiger partial charge in [0.15, 0.2) is 0 Å². The summed E-state index contributed by atoms with van der Waals surface area (Å²) in [6, 6.07) is 9.11. The zero-order chi connectivity index (χ0) is 14.7. The highest BCUT2D eigenvalue weighted by molar-refractivity contribution is 5.88. The predicted molar refractivity (Wildman–Crippen MR) is 83.5 cm³/mol. The van der Waals surface area contributed by atoms with E-state index in [1.165, 1.54) is 11.1 Å². The van der Waals surface area contributed by atoms with Crippen molar-refractivity contribution in [3.8, 4) is 0 Å². The van der Waals surface area contributed by atoms with Crippen molar-refractivity contribution < 1.29 is 4.79 Å². The number of nitrogens with zero attached hydrogens (tertiary/aromatic N) is 1. The molecule has 0 saturated heterocycles. The first-order chi connectivity index (χ1) is 9.47. The number of carbonyl (C=O) groups excluding carboxylic acids is 1. The first kappa shape index (κ1) is 14.8. The average molecular weight is 271 g/mol. The molecule has 0 unspecified atom stereocenters. The van der Waals surface area contributed by atoms with Crippen molar-refractivity contribution in [1.82, 2.24) is 4.90 Å². The molecule has 20 heavy (non-hydrogen) atoms. The van der Waals surface area contributed by atoms with Gasteiger partial charge in [0.1, 0.15) is 0 Å². The lowest BCUT2D eigenvalue weighted by atomic mass is 10.0. The normalized spacial score (nSPS) is 14.2. The molecule has 1 aliphatic rings. The number of amides is 1. The molecule has 108 valence electrons. The molecular formula is C18H25NO. The number of benzene rings is 1. The fourth-order valence-corrected chi connectivity index (χ4v) is 2.31. The van der Waals surface area contributed by atoms with Crippen molar-refractivity contribution in [2.45, 2.75) is 59.0 Å². The molecule has 2 nitrogen and oxygen atoms in total. The third-order valence-corrected chi connectivity index (χ3v) is 3.68. The Hall–Kier alpha value is -1.57. The summed E-state index contributed by atoms with van der Waals surface area (Å²) in [5, 5.41) is 0. The Morgan fingerprint density at radius 2 is 1.85 bits per heavy atom. The second-order valence-corrected chi connectivity index (χ2v) is 6.32. The minimum Gasteiger partial charge on any atom is -0.332 e. The van der Waals surface area contributed by atoms with Gasteiger partial charge in [0.25, 0.3) is 0 Å². The SMILES string of the molecule is CC(C)=CC(=O)N(Cc1ccc(C(C)C)cc1)C1CC1. The molecule has 0 spiro atoms. The van der Waals surface area contributed by atoms with Crippen molar-refractivity contribution in [2.75, 3.05) is 0 Å². The zero-order valence-corrected chi connectivity index (χ0v) is 13.0. The van der Waals surface area contributed by atoms with Crippen molar-refractivity contribution in [3.05, 3.63) is 47.0 Å². The van der Waals surface area contributed by atoms with Crippen molar-refractivity contribution in [3.63, 3.8) is 0 Å². The van der Waals surface area contributed by atoms with Gasteiger partial charge in [-0.15, -0.1) is 0 Å². The van der Waals surface area contributed by atoms with Gasteiger partial charge in [-0.25, -0.2) is 0 Å². The van der Waals surface area contributed by atoms with Crippen LogP contribution < -0.4 is 0 Å². The van der Waals surface area contributed by atoms with E-state index < -0.39 is 0 Å². The van der Waals surface area contributed by atoms with Crippen LogP contribution in [0.25, 0.3) is 0 Å². The molecule has 0 aliphatic heterocycles. The molecule has 0 heterocycles. The highest BCUT2D eigenvalue weighted by Crippen LogP contribution is 2.29. The van der Waals surface area contributed by atoms with E-state index in [1.54, 1.807) is 6.08 Å². The van der Waals surface area contributed by atoms with E-state index in [4.69, 9.17) is 0 Å². The van der Waals surface area contributed by atoms with Crippen LogP contribution in [0.4, 0.5) is 0 Å². The molecule has 1 aromatic rings. The minimum atomic E-state index is 0.153. The summed E-state index contributed by atoms with van der Waals surface area (Å²) in [6.07, 6.45) is 4.04. The second-order valence-electron chi connectivity index (χ2n) is 6.32. The molecule has 1 saturated carbocycles. The fourth-order valence-electron chi connectivity index (χ4n) is 2.31. The van der Waals surface area contributed by atoms with Crippen molar-refractivity contribution in [2.24, 2.45) is 0 Å². The first-order valence-electron chi connectivity index (χ1n) is 7.51. The van der Waals surface area contributed by atoms with Crippen LogP contribution in [0.2, 0.25) is 0 Å². The summed E-state index contributed by atoms with van der Waals surface area (Å²) in [5.41, 5.74) is 3.63. The van der Waals surface area contributed by atoms with Crippen LogP contribution in [0.3, 0.4) is 0 Å². The standard InChI is InChI=1S/C18H25NO/c1-13(2)11-18(20)19(17-9-10-17)12-15-5-7-16(8-6-15)14(3)4/h5-8,11,14,17H,9-10,12H2,1-4H3. The lowest BCUT2D eigenvalue weighted by Crippen LogP contribution is -2.31. The molecule has 0 radical (unpaired) electrons. The number of hydrogen-bond donors (Lipinski definition) is 0. The monoisotopic (exact) mass is 271 g/mol. The van der Waals surface area contributed by atoms with Gasteiger partial charge in [-0.1, -0.05) is 43.7 Å². The van der Waals surface area contributed by atoms with Crippen LogP contribution in [0.15, 0.2) is 35.9 Å². The molecular weight excluding hydrogens is 246 g/mol. The molecule has 0 N–H and O–H groups in total. The second kappa shape index (κ2) is 6.25. The van der Waals surface area contributed by atoms with Gasteiger partial charge in [-0.2, -0.15) is 0 Å². The molecule has 1 fully saturated rings. The average Bonchev–Trinajstić information content (AvgIpc) is 3.19. The Balaban J connectivity index is 2.08. The summed E-state index contributed by atoms with van der Waals surface area (Å²) in [4.78, 5) is 14.3. The maximum Gasteiger partial charge on any atom is 0.247 e. The van der Waals surface area contributed by atoms with Crippen LogP contribution >= 0.6 is 0 Å². The minimum absolute atomic E-state index is 0.153. The van der Waals surface area contributed by atoms with Crippen LogP contribution in [0, 0.1) is 0 Å². The largest absolute Gasteiger partial charge is 0.332 e. The van der Waals surface area contributed by atoms with E-state index in [0.717, 1.165) is 25.0 Å². The topological polar surface area (TPSA) is 20.3 Å². The lowest BCUT2D eigenvalue weighted by molar-refractivity contribution is -0.127. The molecule has 0 bridgehead atoms. The van der Waals surface area contributed by atoms with E-state index >= 15 is 0 Å². The third-order valence-electron chi connectivity index (χ3n) is 3.68. The molecule has 2 heteroatoms. The predicted octanol–water partition coefficient (Wildman–Crippen LogP) is 4.27. The van der Waals surface area contributed by atoms with Crippen LogP contribution in [-0.2, 0) is 11.3 Å². The van der Waals surface area contributed by atoms with E-state index in [9.17, 15) is 4.79 Å². The van der Waals surface area contributed by atoms with E-state index in [2.05, 4.69) is 38.1 Å². The zero-order valence-electron chi connectivity index (χ0n) is 13.0. The van der Waals surface area contributed by atoms with Crippen molar-refractivity contribution >= 4 is 5.91 Å². The number of rotatable bonds is 5. The number of carbonyl (C=O) groups is 1. The molecule has 2 rings (SSSR count). The highest BCUT2D eigenvalue weighted by Gasteiger charge is 2.31. The first-order valence-corrected chi connectivity index (χ1v) is 7.51. The van der Waals surface area contributed by atoms with Gasteiger partial charge in [0.05, 0.1) is 0 Å². The number of hydrogen-bond acceptors (Lipinski definition) is 1. The fraction of sp³-hybridized carbons (Fsp3) is 0.500. The molecule has 1 amide bonds. The highest BCUT2D eigenvalue weighted by atomic mass is 16.2. The maximum atomic E-state index is 12.3. The Bertz CT molecular complexity index is 491. The van der Waals surface area contributed by atoms with Crippen LogP contribution in [0.5, 0.6) is 0 Å². The molecule has 1 aliphatic carbocycles. The van der Waals surface area contributed by atoms with Crippen LogP contribution in [0.1, 0.15) is 57.6 Å². The smallest absolute Gasteiger partial charge is 0.247 e. The van der Waals surface area contributed by atoms with Gasteiger partial charge in [-0.3, -0.25) is 4.79 Å². The summed E-state index contributed by atoms with van der Waals surface area (Å²) in [5.74, 6) is 0.705. The van der Waals surface area contributed by atoms with Gasteiger partial charge in [0.2, 0.25) is 5.91 Å². The molecule has 1 aromatic carbocycles. The summed E-state index contributed by atoms with van der Waals surface area (Å²) >= 11 is 0.